The van der Waals surface area contributed by atoms with E-state index in [1.807, 2.05) is 0 Å². The fourth-order valence-electron chi connectivity index (χ4n) is 3.28. The zero-order chi connectivity index (χ0) is 17.6. The summed E-state index contributed by atoms with van der Waals surface area (Å²) in [6, 6.07) is 5.18. The van der Waals surface area contributed by atoms with Gasteiger partial charge < -0.3 is 5.32 Å². The predicted octanol–water partition coefficient (Wildman–Crippen LogP) is 5.58. The van der Waals surface area contributed by atoms with Crippen molar-refractivity contribution in [2.75, 3.05) is 5.32 Å². The van der Waals surface area contributed by atoms with Crippen LogP contribution in [0.15, 0.2) is 30.6 Å². The molecule has 3 aromatic rings. The smallest absolute Gasteiger partial charge is 0.340 e. The van der Waals surface area contributed by atoms with E-state index >= 15 is 0 Å². The minimum atomic E-state index is -4.36. The second-order valence-corrected chi connectivity index (χ2v) is 7.54. The van der Waals surface area contributed by atoms with Crippen LogP contribution in [-0.4, -0.2) is 9.97 Å². The summed E-state index contributed by atoms with van der Waals surface area (Å²) >= 11 is 1.66. The lowest BCUT2D eigenvalue weighted by Crippen LogP contribution is -2.09. The summed E-state index contributed by atoms with van der Waals surface area (Å²) in [4.78, 5) is 10.9. The third-order valence-corrected chi connectivity index (χ3v) is 5.71. The van der Waals surface area contributed by atoms with E-state index in [9.17, 15) is 13.2 Å². The van der Waals surface area contributed by atoms with E-state index in [4.69, 9.17) is 0 Å². The zero-order valence-electron chi connectivity index (χ0n) is 13.5. The maximum atomic E-state index is 12.9. The number of alkyl halides is 3. The first kappa shape index (κ1) is 16.3. The van der Waals surface area contributed by atoms with Crippen molar-refractivity contribution in [3.63, 3.8) is 0 Å². The molecule has 1 atom stereocenters. The van der Waals surface area contributed by atoms with Crippen LogP contribution in [0.4, 0.5) is 24.7 Å². The van der Waals surface area contributed by atoms with Crippen molar-refractivity contribution < 1.29 is 13.2 Å². The van der Waals surface area contributed by atoms with Gasteiger partial charge in [-0.2, -0.15) is 13.2 Å². The van der Waals surface area contributed by atoms with Crippen molar-refractivity contribution in [1.82, 2.24) is 9.97 Å². The Labute approximate surface area is 146 Å². The molecule has 1 aromatic carbocycles. The van der Waals surface area contributed by atoms with Gasteiger partial charge in [0.1, 0.15) is 17.0 Å². The summed E-state index contributed by atoms with van der Waals surface area (Å²) < 4.78 is 38.8. The average Bonchev–Trinajstić information content (AvgIpc) is 2.92. The van der Waals surface area contributed by atoms with Crippen LogP contribution in [0.3, 0.4) is 0 Å². The number of nitrogens with one attached hydrogen (secondary N) is 1. The first-order valence-corrected chi connectivity index (χ1v) is 8.93. The van der Waals surface area contributed by atoms with Gasteiger partial charge in [0.2, 0.25) is 0 Å². The molecule has 0 spiro atoms. The fourth-order valence-corrected chi connectivity index (χ4v) is 4.63. The van der Waals surface area contributed by atoms with Crippen LogP contribution in [0.1, 0.15) is 29.3 Å². The molecule has 0 saturated carbocycles. The maximum absolute atomic E-state index is 12.9. The minimum Gasteiger partial charge on any atom is -0.340 e. The summed E-state index contributed by atoms with van der Waals surface area (Å²) in [6.07, 6.45) is 0.192. The molecule has 0 aliphatic heterocycles. The molecule has 2 heterocycles. The van der Waals surface area contributed by atoms with Crippen molar-refractivity contribution in [2.45, 2.75) is 32.4 Å². The van der Waals surface area contributed by atoms with Crippen molar-refractivity contribution in [3.05, 3.63) is 46.6 Å². The van der Waals surface area contributed by atoms with Crippen LogP contribution < -0.4 is 5.32 Å². The molecule has 0 radical (unpaired) electrons. The van der Waals surface area contributed by atoms with Gasteiger partial charge in [-0.15, -0.1) is 11.3 Å². The lowest BCUT2D eigenvalue weighted by atomic mass is 9.89. The van der Waals surface area contributed by atoms with E-state index in [0.717, 1.165) is 41.6 Å². The number of halogens is 3. The van der Waals surface area contributed by atoms with Gasteiger partial charge in [-0.1, -0.05) is 13.0 Å². The number of hydrogen-bond acceptors (Lipinski definition) is 4. The Morgan fingerprint density at radius 1 is 1.24 bits per heavy atom. The Kier molecular flexibility index (Phi) is 3.91. The molecule has 0 amide bonds. The average molecular weight is 363 g/mol. The summed E-state index contributed by atoms with van der Waals surface area (Å²) in [5, 5.41) is 4.01. The second-order valence-electron chi connectivity index (χ2n) is 6.46. The number of anilines is 2. The number of aromatic nitrogens is 2. The molecule has 25 heavy (non-hydrogen) atoms. The van der Waals surface area contributed by atoms with Gasteiger partial charge in [-0.25, -0.2) is 9.97 Å². The molecular weight excluding hydrogens is 347 g/mol. The van der Waals surface area contributed by atoms with Gasteiger partial charge in [0.15, 0.2) is 0 Å². The summed E-state index contributed by atoms with van der Waals surface area (Å²) in [5.41, 5.74) is 0.941. The SMILES string of the molecule is CC1CCc2c(sc3ncnc(Nc4cccc(C(F)(F)F)c4)c23)C1. The van der Waals surface area contributed by atoms with Crippen LogP contribution in [0, 0.1) is 5.92 Å². The van der Waals surface area contributed by atoms with Crippen LogP contribution in [0.5, 0.6) is 0 Å². The van der Waals surface area contributed by atoms with Gasteiger partial charge >= 0.3 is 6.18 Å². The Bertz CT molecular complexity index is 933. The predicted molar refractivity (Wildman–Crippen MR) is 93.3 cm³/mol. The minimum absolute atomic E-state index is 0.374. The molecule has 1 unspecified atom stereocenters. The lowest BCUT2D eigenvalue weighted by Gasteiger charge is -2.18. The van der Waals surface area contributed by atoms with Crippen molar-refractivity contribution in [2.24, 2.45) is 5.92 Å². The number of hydrogen-bond donors (Lipinski definition) is 1. The molecule has 2 aromatic heterocycles. The van der Waals surface area contributed by atoms with Gasteiger partial charge in [-0.3, -0.25) is 0 Å². The standard InChI is InChI=1S/C18H16F3N3S/c1-10-5-6-13-14(7-10)25-17-15(13)16(22-9-23-17)24-12-4-2-3-11(8-12)18(19,20)21/h2-4,8-10H,5-7H2,1H3,(H,22,23,24). The molecule has 0 saturated heterocycles. The van der Waals surface area contributed by atoms with Crippen LogP contribution in [-0.2, 0) is 19.0 Å². The van der Waals surface area contributed by atoms with E-state index < -0.39 is 11.7 Å². The summed E-state index contributed by atoms with van der Waals surface area (Å²) in [7, 11) is 0. The molecule has 130 valence electrons. The third-order valence-electron chi connectivity index (χ3n) is 4.54. The summed E-state index contributed by atoms with van der Waals surface area (Å²) in [5.74, 6) is 1.23. The molecule has 0 bridgehead atoms. The van der Waals surface area contributed by atoms with Crippen LogP contribution in [0.25, 0.3) is 10.2 Å². The molecule has 4 rings (SSSR count). The lowest BCUT2D eigenvalue weighted by molar-refractivity contribution is -0.137. The molecular formula is C18H16F3N3S. The highest BCUT2D eigenvalue weighted by molar-refractivity contribution is 7.19. The number of aryl methyl sites for hydroxylation is 1. The number of fused-ring (bicyclic) bond motifs is 3. The van der Waals surface area contributed by atoms with E-state index in [0.29, 0.717) is 17.4 Å². The Morgan fingerprint density at radius 2 is 2.08 bits per heavy atom. The quantitative estimate of drug-likeness (QED) is 0.646. The first-order chi connectivity index (χ1) is 11.9. The topological polar surface area (TPSA) is 37.8 Å². The highest BCUT2D eigenvalue weighted by Crippen LogP contribution is 2.40. The van der Waals surface area contributed by atoms with E-state index in [1.165, 1.54) is 22.8 Å². The van der Waals surface area contributed by atoms with Gasteiger partial charge in [0.25, 0.3) is 0 Å². The van der Waals surface area contributed by atoms with Gasteiger partial charge in [-0.05, 0) is 48.9 Å². The highest BCUT2D eigenvalue weighted by atomic mass is 32.1. The second kappa shape index (κ2) is 5.98. The van der Waals surface area contributed by atoms with Gasteiger partial charge in [0, 0.05) is 10.6 Å². The van der Waals surface area contributed by atoms with Gasteiger partial charge in [0.05, 0.1) is 10.9 Å². The molecule has 1 N–H and O–H groups in total. The molecule has 3 nitrogen and oxygen atoms in total. The normalized spacial score (nSPS) is 17.5. The first-order valence-electron chi connectivity index (χ1n) is 8.11. The van der Waals surface area contributed by atoms with E-state index in [-0.39, 0.29) is 0 Å². The van der Waals surface area contributed by atoms with Crippen LogP contribution >= 0.6 is 11.3 Å². The number of nitrogens with zero attached hydrogens (tertiary/aromatic N) is 2. The van der Waals surface area contributed by atoms with Crippen LogP contribution in [0.2, 0.25) is 0 Å². The maximum Gasteiger partial charge on any atom is 0.416 e. The van der Waals surface area contributed by atoms with Crippen molar-refractivity contribution in [1.29, 1.82) is 0 Å². The summed E-state index contributed by atoms with van der Waals surface area (Å²) in [6.45, 7) is 2.24. The van der Waals surface area contributed by atoms with Crippen molar-refractivity contribution >= 4 is 33.1 Å². The number of thiophene rings is 1. The Balaban J connectivity index is 1.75. The fraction of sp³-hybridized carbons (Fsp3) is 0.333. The molecule has 1 aliphatic carbocycles. The Morgan fingerprint density at radius 3 is 2.88 bits per heavy atom. The molecule has 0 fully saturated rings. The largest absolute Gasteiger partial charge is 0.416 e. The highest BCUT2D eigenvalue weighted by Gasteiger charge is 2.30. The Hall–Kier alpha value is -2.15. The number of benzene rings is 1. The zero-order valence-corrected chi connectivity index (χ0v) is 14.3. The third kappa shape index (κ3) is 3.08. The van der Waals surface area contributed by atoms with Crippen molar-refractivity contribution in [3.8, 4) is 0 Å². The monoisotopic (exact) mass is 363 g/mol. The molecule has 1 aliphatic rings. The molecule has 7 heteroatoms. The number of rotatable bonds is 2. The van der Waals surface area contributed by atoms with E-state index in [1.54, 1.807) is 17.4 Å². The van der Waals surface area contributed by atoms with E-state index in [2.05, 4.69) is 22.2 Å².